The van der Waals surface area contributed by atoms with E-state index in [0.29, 0.717) is 6.42 Å². The number of hydrogen-bond donors (Lipinski definition) is 2. The molecule has 1 saturated heterocycles. The molecule has 1 amide bonds. The molecule has 1 aliphatic rings. The average Bonchev–Trinajstić information content (AvgIpc) is 2.96. The Hall–Kier alpha value is -1.72. The Morgan fingerprint density at radius 2 is 2.17 bits per heavy atom. The summed E-state index contributed by atoms with van der Waals surface area (Å²) in [5.74, 6) is 0.811. The highest BCUT2D eigenvalue weighted by atomic mass is 32.1. The molecular weight excluding hydrogens is 318 g/mol. The first kappa shape index (κ1) is 17.1. The van der Waals surface area contributed by atoms with Crippen molar-refractivity contribution in [3.63, 3.8) is 0 Å². The molecule has 1 aromatic heterocycles. The summed E-state index contributed by atoms with van der Waals surface area (Å²) >= 11 is 1.59. The normalized spacial score (nSPS) is 20.8. The molecule has 3 rings (SSSR count). The summed E-state index contributed by atoms with van der Waals surface area (Å²) in [6.45, 7) is 7.83. The Morgan fingerprint density at radius 1 is 1.38 bits per heavy atom. The largest absolute Gasteiger partial charge is 0.330 e. The molecule has 1 unspecified atom stereocenters. The summed E-state index contributed by atoms with van der Waals surface area (Å²) in [6, 6.07) is 7.86. The number of amides is 1. The minimum absolute atomic E-state index is 0.00121. The van der Waals surface area contributed by atoms with E-state index in [-0.39, 0.29) is 5.91 Å². The van der Waals surface area contributed by atoms with Crippen molar-refractivity contribution in [2.45, 2.75) is 39.7 Å². The monoisotopic (exact) mass is 344 g/mol. The van der Waals surface area contributed by atoms with Crippen LogP contribution in [-0.4, -0.2) is 24.0 Å². The SMILES string of the molecule is Cc1ccc(NC(=O)Cc2nc(C[NH+]3CCC[C@@H](C)C3)cs2)cc1. The van der Waals surface area contributed by atoms with Gasteiger partial charge in [0.2, 0.25) is 5.91 Å². The topological polar surface area (TPSA) is 46.4 Å². The molecule has 1 fully saturated rings. The molecule has 128 valence electrons. The van der Waals surface area contributed by atoms with E-state index in [2.05, 4.69) is 22.6 Å². The van der Waals surface area contributed by atoms with Crippen molar-refractivity contribution >= 4 is 22.9 Å². The molecule has 2 atom stereocenters. The van der Waals surface area contributed by atoms with Gasteiger partial charge in [0.15, 0.2) is 0 Å². The molecule has 2 N–H and O–H groups in total. The maximum atomic E-state index is 12.2. The van der Waals surface area contributed by atoms with Crippen LogP contribution in [0.15, 0.2) is 29.6 Å². The molecule has 0 bridgehead atoms. The number of benzene rings is 1. The highest BCUT2D eigenvalue weighted by Gasteiger charge is 2.20. The van der Waals surface area contributed by atoms with Crippen molar-refractivity contribution in [3.05, 3.63) is 45.9 Å². The molecule has 5 heteroatoms. The van der Waals surface area contributed by atoms with Crippen molar-refractivity contribution in [2.75, 3.05) is 18.4 Å². The van der Waals surface area contributed by atoms with Crippen LogP contribution in [-0.2, 0) is 17.8 Å². The van der Waals surface area contributed by atoms with Crippen molar-refractivity contribution < 1.29 is 9.69 Å². The van der Waals surface area contributed by atoms with Crippen LogP contribution in [0.5, 0.6) is 0 Å². The summed E-state index contributed by atoms with van der Waals surface area (Å²) in [4.78, 5) is 18.4. The van der Waals surface area contributed by atoms with Crippen molar-refractivity contribution in [2.24, 2.45) is 5.92 Å². The molecule has 4 nitrogen and oxygen atoms in total. The van der Waals surface area contributed by atoms with Gasteiger partial charge in [-0.2, -0.15) is 0 Å². The van der Waals surface area contributed by atoms with Gasteiger partial charge >= 0.3 is 0 Å². The smallest absolute Gasteiger partial charge is 0.231 e. The Labute approximate surface area is 147 Å². The summed E-state index contributed by atoms with van der Waals surface area (Å²) in [6.07, 6.45) is 3.02. The van der Waals surface area contributed by atoms with Crippen LogP contribution in [0.3, 0.4) is 0 Å². The Morgan fingerprint density at radius 3 is 2.92 bits per heavy atom. The van der Waals surface area contributed by atoms with Gasteiger partial charge in [-0.3, -0.25) is 4.79 Å². The molecule has 0 saturated carbocycles. The number of likely N-dealkylation sites (tertiary alicyclic amines) is 1. The van der Waals surface area contributed by atoms with Crippen LogP contribution in [0.1, 0.15) is 36.0 Å². The number of aromatic nitrogens is 1. The Bertz CT molecular complexity index is 680. The van der Waals surface area contributed by atoms with E-state index in [1.165, 1.54) is 31.5 Å². The van der Waals surface area contributed by atoms with E-state index in [9.17, 15) is 4.79 Å². The lowest BCUT2D eigenvalue weighted by Gasteiger charge is -2.27. The van der Waals surface area contributed by atoms with Crippen molar-refractivity contribution in [1.29, 1.82) is 0 Å². The number of aryl methyl sites for hydroxylation is 1. The number of rotatable bonds is 5. The van der Waals surface area contributed by atoms with Gasteiger partial charge in [0.1, 0.15) is 17.2 Å². The van der Waals surface area contributed by atoms with Crippen LogP contribution in [0.25, 0.3) is 0 Å². The summed E-state index contributed by atoms with van der Waals surface area (Å²) in [5.41, 5.74) is 3.16. The zero-order chi connectivity index (χ0) is 16.9. The van der Waals surface area contributed by atoms with Gasteiger partial charge in [-0.15, -0.1) is 11.3 Å². The predicted molar refractivity (Wildman–Crippen MR) is 98.4 cm³/mol. The second-order valence-corrected chi connectivity index (χ2v) is 7.89. The zero-order valence-electron chi connectivity index (χ0n) is 14.5. The van der Waals surface area contributed by atoms with Crippen LogP contribution < -0.4 is 10.2 Å². The van der Waals surface area contributed by atoms with Crippen LogP contribution in [0, 0.1) is 12.8 Å². The molecule has 1 aliphatic heterocycles. The number of carbonyl (C=O) groups excluding carboxylic acids is 1. The Balaban J connectivity index is 1.51. The van der Waals surface area contributed by atoms with E-state index in [4.69, 9.17) is 0 Å². The number of nitrogens with zero attached hydrogens (tertiary/aromatic N) is 1. The third kappa shape index (κ3) is 4.89. The van der Waals surface area contributed by atoms with E-state index in [1.54, 1.807) is 16.2 Å². The van der Waals surface area contributed by atoms with Crippen molar-refractivity contribution in [1.82, 2.24) is 4.98 Å². The summed E-state index contributed by atoms with van der Waals surface area (Å²) in [7, 11) is 0. The minimum atomic E-state index is -0.00121. The van der Waals surface area contributed by atoms with Crippen LogP contribution >= 0.6 is 11.3 Å². The van der Waals surface area contributed by atoms with Crippen molar-refractivity contribution in [3.8, 4) is 0 Å². The van der Waals surface area contributed by atoms with Gasteiger partial charge < -0.3 is 10.2 Å². The number of anilines is 1. The maximum Gasteiger partial charge on any atom is 0.231 e. The first-order valence-corrected chi connectivity index (χ1v) is 9.60. The summed E-state index contributed by atoms with van der Waals surface area (Å²) in [5, 5.41) is 5.95. The fourth-order valence-electron chi connectivity index (χ4n) is 3.30. The van der Waals surface area contributed by atoms with E-state index in [0.717, 1.165) is 28.9 Å². The van der Waals surface area contributed by atoms with Crippen LogP contribution in [0.4, 0.5) is 5.69 Å². The summed E-state index contributed by atoms with van der Waals surface area (Å²) < 4.78 is 0. The Kier molecular flexibility index (Phi) is 5.63. The first-order valence-electron chi connectivity index (χ1n) is 8.72. The maximum absolute atomic E-state index is 12.2. The lowest BCUT2D eigenvalue weighted by atomic mass is 10.0. The number of nitrogens with one attached hydrogen (secondary N) is 2. The predicted octanol–water partition coefficient (Wildman–Crippen LogP) is 2.45. The fraction of sp³-hybridized carbons (Fsp3) is 0.474. The lowest BCUT2D eigenvalue weighted by Crippen LogP contribution is -3.12. The molecule has 1 aromatic carbocycles. The average molecular weight is 345 g/mol. The zero-order valence-corrected chi connectivity index (χ0v) is 15.3. The van der Waals surface area contributed by atoms with Gasteiger partial charge in [-0.1, -0.05) is 24.6 Å². The molecule has 0 spiro atoms. The van der Waals surface area contributed by atoms with Crippen LogP contribution in [0.2, 0.25) is 0 Å². The minimum Gasteiger partial charge on any atom is -0.330 e. The molecule has 2 heterocycles. The standard InChI is InChI=1S/C19H25N3OS/c1-14-5-7-16(8-6-14)20-18(23)10-19-21-17(13-24-19)12-22-9-3-4-15(2)11-22/h5-8,13,15H,3-4,9-12H2,1-2H3,(H,20,23)/p+1/t15-/m1/s1. The van der Waals surface area contributed by atoms with Gasteiger partial charge in [-0.25, -0.2) is 4.98 Å². The first-order chi connectivity index (χ1) is 11.6. The number of carbonyl (C=O) groups is 1. The number of hydrogen-bond acceptors (Lipinski definition) is 3. The highest BCUT2D eigenvalue weighted by molar-refractivity contribution is 7.09. The third-order valence-corrected chi connectivity index (χ3v) is 5.44. The second-order valence-electron chi connectivity index (χ2n) is 6.95. The fourth-order valence-corrected chi connectivity index (χ4v) is 4.10. The van der Waals surface area contributed by atoms with E-state index < -0.39 is 0 Å². The second kappa shape index (κ2) is 7.90. The quantitative estimate of drug-likeness (QED) is 0.875. The molecule has 2 aromatic rings. The number of quaternary nitrogens is 1. The molecule has 24 heavy (non-hydrogen) atoms. The molecule has 0 aliphatic carbocycles. The highest BCUT2D eigenvalue weighted by Crippen LogP contribution is 2.13. The van der Waals surface area contributed by atoms with Gasteiger partial charge in [-0.05, 0) is 31.9 Å². The number of piperidine rings is 1. The third-order valence-electron chi connectivity index (χ3n) is 4.54. The number of thiazole rings is 1. The van der Waals surface area contributed by atoms with Gasteiger partial charge in [0.25, 0.3) is 0 Å². The van der Waals surface area contributed by atoms with Gasteiger partial charge in [0, 0.05) is 17.0 Å². The van der Waals surface area contributed by atoms with E-state index >= 15 is 0 Å². The lowest BCUT2D eigenvalue weighted by molar-refractivity contribution is -0.922. The molecular formula is C19H26N3OS+. The van der Waals surface area contributed by atoms with E-state index in [1.807, 2.05) is 31.2 Å². The molecule has 0 radical (unpaired) electrons. The van der Waals surface area contributed by atoms with Gasteiger partial charge in [0.05, 0.1) is 19.5 Å².